The molecule has 0 saturated heterocycles. The molecule has 0 unspecified atom stereocenters. The van der Waals surface area contributed by atoms with Gasteiger partial charge in [-0.3, -0.25) is 4.79 Å². The second-order valence-electron chi connectivity index (χ2n) is 2.92. The molecule has 0 fully saturated rings. The van der Waals surface area contributed by atoms with Crippen LogP contribution in [-0.2, 0) is 16.0 Å². The molecule has 3 nitrogen and oxygen atoms in total. The van der Waals surface area contributed by atoms with Crippen molar-refractivity contribution in [2.45, 2.75) is 27.2 Å². The van der Waals surface area contributed by atoms with Crippen molar-refractivity contribution in [2.75, 3.05) is 6.61 Å². The zero-order chi connectivity index (χ0) is 9.84. The normalized spacial score (nSPS) is 10.1. The van der Waals surface area contributed by atoms with Crippen LogP contribution in [0.1, 0.15) is 24.0 Å². The van der Waals surface area contributed by atoms with Gasteiger partial charge in [0.1, 0.15) is 11.5 Å². The van der Waals surface area contributed by atoms with Crippen molar-refractivity contribution in [3.05, 3.63) is 23.2 Å². The average molecular weight is 182 g/mol. The van der Waals surface area contributed by atoms with Gasteiger partial charge in [-0.15, -0.1) is 0 Å². The number of rotatable bonds is 3. The molecule has 72 valence electrons. The molecule has 1 aromatic rings. The van der Waals surface area contributed by atoms with Gasteiger partial charge >= 0.3 is 5.97 Å². The minimum Gasteiger partial charge on any atom is -0.466 e. The second-order valence-corrected chi connectivity index (χ2v) is 2.92. The van der Waals surface area contributed by atoms with Crippen molar-refractivity contribution in [3.63, 3.8) is 0 Å². The molecule has 0 bridgehead atoms. The van der Waals surface area contributed by atoms with Crippen LogP contribution in [0.4, 0.5) is 0 Å². The fourth-order valence-corrected chi connectivity index (χ4v) is 1.23. The van der Waals surface area contributed by atoms with Crippen molar-refractivity contribution in [3.8, 4) is 0 Å². The molecule has 0 aromatic carbocycles. The smallest absolute Gasteiger partial charge is 0.310 e. The van der Waals surface area contributed by atoms with Crippen LogP contribution in [0.25, 0.3) is 0 Å². The van der Waals surface area contributed by atoms with E-state index in [-0.39, 0.29) is 5.97 Å². The van der Waals surface area contributed by atoms with Gasteiger partial charge in [0.15, 0.2) is 0 Å². The standard InChI is InChI=1S/C10H14O3/c1-4-12-10(11)6-9-5-7(2)13-8(9)3/h5H,4,6H2,1-3H3. The lowest BCUT2D eigenvalue weighted by Gasteiger charge is -1.99. The number of ether oxygens (including phenoxy) is 1. The van der Waals surface area contributed by atoms with Gasteiger partial charge in [0.2, 0.25) is 0 Å². The third kappa shape index (κ3) is 2.61. The quantitative estimate of drug-likeness (QED) is 0.671. The molecule has 0 N–H and O–H groups in total. The Morgan fingerprint density at radius 3 is 2.69 bits per heavy atom. The van der Waals surface area contributed by atoms with Crippen LogP contribution in [0, 0.1) is 13.8 Å². The van der Waals surface area contributed by atoms with Crippen molar-refractivity contribution in [1.82, 2.24) is 0 Å². The van der Waals surface area contributed by atoms with Gasteiger partial charge in [-0.2, -0.15) is 0 Å². The number of carbonyl (C=O) groups excluding carboxylic acids is 1. The van der Waals surface area contributed by atoms with Gasteiger partial charge < -0.3 is 9.15 Å². The molecule has 0 spiro atoms. The summed E-state index contributed by atoms with van der Waals surface area (Å²) >= 11 is 0. The molecule has 1 aromatic heterocycles. The molecule has 0 saturated carbocycles. The van der Waals surface area contributed by atoms with Gasteiger partial charge in [0.05, 0.1) is 13.0 Å². The Kier molecular flexibility index (Phi) is 3.12. The fraction of sp³-hybridized carbons (Fsp3) is 0.500. The van der Waals surface area contributed by atoms with Gasteiger partial charge in [0, 0.05) is 5.56 Å². The highest BCUT2D eigenvalue weighted by molar-refractivity contribution is 5.72. The fourth-order valence-electron chi connectivity index (χ4n) is 1.23. The minimum absolute atomic E-state index is 0.202. The SMILES string of the molecule is CCOC(=O)Cc1cc(C)oc1C. The highest BCUT2D eigenvalue weighted by atomic mass is 16.5. The first-order chi connectivity index (χ1) is 6.13. The molecule has 0 atom stereocenters. The van der Waals surface area contributed by atoms with E-state index < -0.39 is 0 Å². The van der Waals surface area contributed by atoms with Crippen LogP contribution < -0.4 is 0 Å². The van der Waals surface area contributed by atoms with Gasteiger partial charge in [-0.1, -0.05) is 0 Å². The zero-order valence-electron chi connectivity index (χ0n) is 8.22. The summed E-state index contributed by atoms with van der Waals surface area (Å²) in [6.07, 6.45) is 0.303. The van der Waals surface area contributed by atoms with Crippen molar-refractivity contribution < 1.29 is 13.9 Å². The Morgan fingerprint density at radius 1 is 1.54 bits per heavy atom. The van der Waals surface area contributed by atoms with Crippen LogP contribution in [0.5, 0.6) is 0 Å². The van der Waals surface area contributed by atoms with Gasteiger partial charge in [-0.25, -0.2) is 0 Å². The van der Waals surface area contributed by atoms with Crippen LogP contribution in [0.15, 0.2) is 10.5 Å². The summed E-state index contributed by atoms with van der Waals surface area (Å²) in [5.74, 6) is 1.42. The van der Waals surface area contributed by atoms with E-state index in [2.05, 4.69) is 0 Å². The molecular weight excluding hydrogens is 168 g/mol. The van der Waals surface area contributed by atoms with Gasteiger partial charge in [0.25, 0.3) is 0 Å². The molecular formula is C10H14O3. The number of aryl methyl sites for hydroxylation is 2. The summed E-state index contributed by atoms with van der Waals surface area (Å²) in [6.45, 7) is 5.93. The highest BCUT2D eigenvalue weighted by Gasteiger charge is 2.09. The third-order valence-corrected chi connectivity index (χ3v) is 1.78. The summed E-state index contributed by atoms with van der Waals surface area (Å²) in [7, 11) is 0. The Balaban J connectivity index is 2.63. The molecule has 0 radical (unpaired) electrons. The second kappa shape index (κ2) is 4.12. The lowest BCUT2D eigenvalue weighted by atomic mass is 10.2. The lowest BCUT2D eigenvalue weighted by Crippen LogP contribution is -2.07. The number of hydrogen-bond acceptors (Lipinski definition) is 3. The minimum atomic E-state index is -0.202. The predicted molar refractivity (Wildman–Crippen MR) is 48.5 cm³/mol. The Bertz CT molecular complexity index is 299. The summed E-state index contributed by atoms with van der Waals surface area (Å²) in [4.78, 5) is 11.1. The van der Waals surface area contributed by atoms with E-state index in [0.29, 0.717) is 13.0 Å². The first-order valence-electron chi connectivity index (χ1n) is 4.35. The predicted octanol–water partition coefficient (Wildman–Crippen LogP) is 2.00. The largest absolute Gasteiger partial charge is 0.466 e. The Morgan fingerprint density at radius 2 is 2.23 bits per heavy atom. The first-order valence-corrected chi connectivity index (χ1v) is 4.35. The van der Waals surface area contributed by atoms with Crippen molar-refractivity contribution in [1.29, 1.82) is 0 Å². The number of hydrogen-bond donors (Lipinski definition) is 0. The molecule has 0 aliphatic carbocycles. The van der Waals surface area contributed by atoms with Crippen LogP contribution in [-0.4, -0.2) is 12.6 Å². The molecule has 13 heavy (non-hydrogen) atoms. The monoisotopic (exact) mass is 182 g/mol. The highest BCUT2D eigenvalue weighted by Crippen LogP contribution is 2.14. The Hall–Kier alpha value is -1.25. The number of carbonyl (C=O) groups is 1. The van der Waals surface area contributed by atoms with E-state index in [4.69, 9.17) is 9.15 Å². The summed E-state index contributed by atoms with van der Waals surface area (Å²) in [5, 5.41) is 0. The van der Waals surface area contributed by atoms with Crippen LogP contribution >= 0.6 is 0 Å². The van der Waals surface area contributed by atoms with E-state index >= 15 is 0 Å². The summed E-state index contributed by atoms with van der Waals surface area (Å²) in [5.41, 5.74) is 0.913. The van der Waals surface area contributed by atoms with Gasteiger partial charge in [-0.05, 0) is 26.8 Å². The zero-order valence-corrected chi connectivity index (χ0v) is 8.22. The summed E-state index contributed by atoms with van der Waals surface area (Å²) < 4.78 is 10.1. The molecule has 1 rings (SSSR count). The van der Waals surface area contributed by atoms with Crippen LogP contribution in [0.3, 0.4) is 0 Å². The maximum Gasteiger partial charge on any atom is 0.310 e. The van der Waals surface area contributed by atoms with E-state index in [1.807, 2.05) is 19.9 Å². The van der Waals surface area contributed by atoms with E-state index in [1.54, 1.807) is 6.92 Å². The topological polar surface area (TPSA) is 39.4 Å². The van der Waals surface area contributed by atoms with E-state index in [0.717, 1.165) is 17.1 Å². The molecule has 0 amide bonds. The van der Waals surface area contributed by atoms with Crippen molar-refractivity contribution in [2.24, 2.45) is 0 Å². The number of esters is 1. The maximum absolute atomic E-state index is 11.1. The molecule has 0 aliphatic heterocycles. The first kappa shape index (κ1) is 9.84. The summed E-state index contributed by atoms with van der Waals surface area (Å²) in [6, 6.07) is 1.87. The van der Waals surface area contributed by atoms with E-state index in [9.17, 15) is 4.79 Å². The molecule has 1 heterocycles. The van der Waals surface area contributed by atoms with E-state index in [1.165, 1.54) is 0 Å². The van der Waals surface area contributed by atoms with Crippen molar-refractivity contribution >= 4 is 5.97 Å². The third-order valence-electron chi connectivity index (χ3n) is 1.78. The van der Waals surface area contributed by atoms with Crippen LogP contribution in [0.2, 0.25) is 0 Å². The Labute approximate surface area is 77.7 Å². The molecule has 0 aliphatic rings. The lowest BCUT2D eigenvalue weighted by molar-refractivity contribution is -0.142. The maximum atomic E-state index is 11.1. The molecule has 3 heteroatoms. The average Bonchev–Trinajstić information content (AvgIpc) is 2.30. The number of furan rings is 1.